The summed E-state index contributed by atoms with van der Waals surface area (Å²) in [6, 6.07) is 7.57. The van der Waals surface area contributed by atoms with Gasteiger partial charge in [0, 0.05) is 6.04 Å². The predicted molar refractivity (Wildman–Crippen MR) is 89.9 cm³/mol. The summed E-state index contributed by atoms with van der Waals surface area (Å²) in [5, 5.41) is 7.21. The summed E-state index contributed by atoms with van der Waals surface area (Å²) in [7, 11) is 0. The fraction of sp³-hybridized carbons (Fsp3) is 0.412. The van der Waals surface area contributed by atoms with Crippen LogP contribution in [-0.2, 0) is 11.3 Å². The molecule has 1 saturated carbocycles. The van der Waals surface area contributed by atoms with E-state index in [0.29, 0.717) is 17.1 Å². The highest BCUT2D eigenvalue weighted by molar-refractivity contribution is 5.79. The second-order valence-corrected chi connectivity index (χ2v) is 6.37. The smallest absolute Gasteiger partial charge is 0.408 e. The first-order valence-corrected chi connectivity index (χ1v) is 8.42. The van der Waals surface area contributed by atoms with Crippen LogP contribution in [0.2, 0.25) is 0 Å². The van der Waals surface area contributed by atoms with Gasteiger partial charge in [-0.05, 0) is 37.8 Å². The Morgan fingerprint density at radius 3 is 2.80 bits per heavy atom. The number of carbonyl (C=O) groups excluding carboxylic acids is 1. The molecule has 0 aliphatic heterocycles. The molecule has 4 rings (SSSR count). The zero-order chi connectivity index (χ0) is 17.2. The number of nitrogens with one attached hydrogen (secondary N) is 1. The lowest BCUT2D eigenvalue weighted by Gasteiger charge is -2.29. The van der Waals surface area contributed by atoms with Crippen LogP contribution in [0.4, 0.5) is 0 Å². The molecule has 1 fully saturated rings. The van der Waals surface area contributed by atoms with Gasteiger partial charge in [0.15, 0.2) is 5.58 Å². The molecule has 0 spiro atoms. The summed E-state index contributed by atoms with van der Waals surface area (Å²) in [6.45, 7) is -0.0289. The number of nitrogens with zero attached hydrogens (tertiary/aromatic N) is 4. The topological polar surface area (TPSA) is 94.9 Å². The van der Waals surface area contributed by atoms with Gasteiger partial charge < -0.3 is 9.73 Å². The molecule has 1 aromatic carbocycles. The number of carbonyl (C=O) groups is 1. The van der Waals surface area contributed by atoms with E-state index in [0.717, 1.165) is 25.7 Å². The number of hydrogen-bond acceptors (Lipinski definition) is 5. The predicted octanol–water partition coefficient (Wildman–Crippen LogP) is 1.49. The van der Waals surface area contributed by atoms with Gasteiger partial charge >= 0.3 is 5.76 Å². The number of fused-ring (bicyclic) bond motifs is 1. The van der Waals surface area contributed by atoms with Gasteiger partial charge in [0.25, 0.3) is 0 Å². The van der Waals surface area contributed by atoms with Crippen molar-refractivity contribution in [3.8, 4) is 0 Å². The lowest BCUT2D eigenvalue weighted by atomic mass is 9.91. The number of aromatic nitrogens is 4. The molecule has 2 aromatic heterocycles. The highest BCUT2D eigenvalue weighted by Gasteiger charge is 2.24. The molecular formula is C17H19N5O3. The van der Waals surface area contributed by atoms with E-state index in [1.165, 1.54) is 4.57 Å². The lowest BCUT2D eigenvalue weighted by Crippen LogP contribution is -2.40. The van der Waals surface area contributed by atoms with Crippen molar-refractivity contribution >= 4 is 17.0 Å². The molecule has 0 unspecified atom stereocenters. The van der Waals surface area contributed by atoms with Crippen LogP contribution in [0, 0.1) is 0 Å². The molecule has 0 bridgehead atoms. The van der Waals surface area contributed by atoms with Crippen LogP contribution >= 0.6 is 0 Å². The molecule has 1 aliphatic rings. The van der Waals surface area contributed by atoms with E-state index in [9.17, 15) is 9.59 Å². The van der Waals surface area contributed by atoms with Crippen molar-refractivity contribution in [1.29, 1.82) is 0 Å². The lowest BCUT2D eigenvalue weighted by molar-refractivity contribution is -0.122. The van der Waals surface area contributed by atoms with Crippen molar-refractivity contribution in [3.63, 3.8) is 0 Å². The third kappa shape index (κ3) is 3.19. The van der Waals surface area contributed by atoms with Crippen molar-refractivity contribution in [2.24, 2.45) is 0 Å². The van der Waals surface area contributed by atoms with Gasteiger partial charge in [-0.3, -0.25) is 9.36 Å². The molecule has 2 heterocycles. The van der Waals surface area contributed by atoms with Crippen LogP contribution in [-0.4, -0.2) is 31.3 Å². The van der Waals surface area contributed by atoms with E-state index in [2.05, 4.69) is 15.4 Å². The molecule has 8 nitrogen and oxygen atoms in total. The van der Waals surface area contributed by atoms with Crippen molar-refractivity contribution in [2.45, 2.75) is 44.3 Å². The second-order valence-electron chi connectivity index (χ2n) is 6.37. The number of benzene rings is 1. The van der Waals surface area contributed by atoms with Crippen molar-refractivity contribution in [2.75, 3.05) is 0 Å². The van der Waals surface area contributed by atoms with Crippen LogP contribution in [0.5, 0.6) is 0 Å². The summed E-state index contributed by atoms with van der Waals surface area (Å²) in [5.41, 5.74) is 1.13. The molecule has 3 aromatic rings. The van der Waals surface area contributed by atoms with Gasteiger partial charge in [-0.15, -0.1) is 0 Å². The molecule has 1 amide bonds. The first kappa shape index (κ1) is 15.6. The van der Waals surface area contributed by atoms with Gasteiger partial charge in [0.05, 0.1) is 11.6 Å². The number of rotatable bonds is 4. The molecule has 1 aliphatic carbocycles. The van der Waals surface area contributed by atoms with Crippen LogP contribution in [0.25, 0.3) is 11.1 Å². The van der Waals surface area contributed by atoms with Gasteiger partial charge in [-0.1, -0.05) is 12.1 Å². The van der Waals surface area contributed by atoms with E-state index >= 15 is 0 Å². The van der Waals surface area contributed by atoms with Crippen LogP contribution in [0.1, 0.15) is 31.7 Å². The first-order valence-electron chi connectivity index (χ1n) is 8.42. The molecule has 1 N–H and O–H groups in total. The third-order valence-corrected chi connectivity index (χ3v) is 4.75. The summed E-state index contributed by atoms with van der Waals surface area (Å²) in [6.07, 6.45) is 6.95. The Balaban J connectivity index is 1.36. The third-order valence-electron chi connectivity index (χ3n) is 4.75. The average Bonchev–Trinajstić information content (AvgIpc) is 3.25. The minimum atomic E-state index is -0.508. The number of hydrogen-bond donors (Lipinski definition) is 1. The number of amides is 1. The standard InChI is InChI=1S/C17H19N5O3/c23-16(9-21-14-3-1-2-4-15(14)25-17(21)24)20-12-5-7-13(8-6-12)22-11-18-10-19-22/h1-4,10-13H,5-9H2,(H,20,23). The molecule has 8 heteroatoms. The normalized spacial score (nSPS) is 20.6. The van der Waals surface area contributed by atoms with E-state index in [-0.39, 0.29) is 18.5 Å². The van der Waals surface area contributed by atoms with Crippen LogP contribution in [0.15, 0.2) is 46.1 Å². The van der Waals surface area contributed by atoms with Crippen LogP contribution < -0.4 is 11.1 Å². The summed E-state index contributed by atoms with van der Waals surface area (Å²) in [4.78, 5) is 28.3. The quantitative estimate of drug-likeness (QED) is 0.776. The maximum atomic E-state index is 12.3. The SMILES string of the molecule is O=C(Cn1c(=O)oc2ccccc21)NC1CCC(n2cncn2)CC1. The van der Waals surface area contributed by atoms with Crippen molar-refractivity contribution in [3.05, 3.63) is 47.5 Å². The molecule has 25 heavy (non-hydrogen) atoms. The average molecular weight is 341 g/mol. The van der Waals surface area contributed by atoms with Gasteiger partial charge in [0.1, 0.15) is 19.2 Å². The largest absolute Gasteiger partial charge is 0.420 e. The molecule has 0 radical (unpaired) electrons. The minimum Gasteiger partial charge on any atom is -0.408 e. The summed E-state index contributed by atoms with van der Waals surface area (Å²) < 4.78 is 8.41. The fourth-order valence-electron chi connectivity index (χ4n) is 3.47. The van der Waals surface area contributed by atoms with Gasteiger partial charge in [-0.2, -0.15) is 5.10 Å². The van der Waals surface area contributed by atoms with Gasteiger partial charge in [0.2, 0.25) is 5.91 Å². The summed E-state index contributed by atoms with van der Waals surface area (Å²) in [5.74, 6) is -0.677. The first-order chi connectivity index (χ1) is 12.2. The molecular weight excluding hydrogens is 322 g/mol. The van der Waals surface area contributed by atoms with E-state index in [1.807, 2.05) is 10.7 Å². The maximum Gasteiger partial charge on any atom is 0.420 e. The molecule has 130 valence electrons. The zero-order valence-electron chi connectivity index (χ0n) is 13.7. The van der Waals surface area contributed by atoms with Crippen molar-refractivity contribution in [1.82, 2.24) is 24.6 Å². The fourth-order valence-corrected chi connectivity index (χ4v) is 3.47. The van der Waals surface area contributed by atoms with Crippen LogP contribution in [0.3, 0.4) is 0 Å². The Labute approximate surface area is 143 Å². The Morgan fingerprint density at radius 2 is 2.04 bits per heavy atom. The maximum absolute atomic E-state index is 12.3. The summed E-state index contributed by atoms with van der Waals surface area (Å²) >= 11 is 0. The number of oxazole rings is 1. The van der Waals surface area contributed by atoms with Gasteiger partial charge in [-0.25, -0.2) is 14.5 Å². The Hall–Kier alpha value is -2.90. The minimum absolute atomic E-state index is 0.0289. The highest BCUT2D eigenvalue weighted by atomic mass is 16.4. The number of para-hydroxylation sites is 2. The molecule has 0 atom stereocenters. The Kier molecular flexibility index (Phi) is 4.09. The highest BCUT2D eigenvalue weighted by Crippen LogP contribution is 2.27. The zero-order valence-corrected chi connectivity index (χ0v) is 13.7. The Morgan fingerprint density at radius 1 is 1.24 bits per heavy atom. The van der Waals surface area contributed by atoms with Crippen molar-refractivity contribution < 1.29 is 9.21 Å². The monoisotopic (exact) mass is 341 g/mol. The van der Waals surface area contributed by atoms with E-state index in [4.69, 9.17) is 4.42 Å². The molecule has 0 saturated heterocycles. The van der Waals surface area contributed by atoms with E-state index in [1.54, 1.807) is 30.9 Å². The second kappa shape index (κ2) is 6.54. The Bertz CT molecular complexity index is 919. The van der Waals surface area contributed by atoms with E-state index < -0.39 is 5.76 Å².